The fraction of sp³-hybridized carbons (Fsp3) is 0.176. The van der Waals surface area contributed by atoms with Crippen molar-refractivity contribution in [3.63, 3.8) is 0 Å². The van der Waals surface area contributed by atoms with Crippen LogP contribution in [0, 0.1) is 0 Å². The number of nitrogens with zero attached hydrogens (tertiary/aromatic N) is 1. The van der Waals surface area contributed by atoms with Gasteiger partial charge in [0.05, 0.1) is 30.0 Å². The molecule has 2 aromatic carbocycles. The van der Waals surface area contributed by atoms with Crippen molar-refractivity contribution in [2.24, 2.45) is 0 Å². The number of esters is 1. The first-order valence-corrected chi connectivity index (χ1v) is 7.76. The molecule has 0 atom stereocenters. The van der Waals surface area contributed by atoms with Crippen molar-refractivity contribution in [2.75, 3.05) is 14.2 Å². The number of hydrogen-bond acceptors (Lipinski definition) is 6. The molecule has 1 heterocycles. The van der Waals surface area contributed by atoms with Gasteiger partial charge in [-0.25, -0.2) is 9.78 Å². The second-order valence-corrected chi connectivity index (χ2v) is 5.84. The SMILES string of the molecule is COC(=O)c1ccc(OCc2nc3ccccc3s2)c(OC)c1. The average Bonchev–Trinajstić information content (AvgIpc) is 3.02. The van der Waals surface area contributed by atoms with Crippen LogP contribution in [0.15, 0.2) is 42.5 Å². The van der Waals surface area contributed by atoms with Crippen molar-refractivity contribution in [2.45, 2.75) is 6.61 Å². The molecule has 0 saturated heterocycles. The van der Waals surface area contributed by atoms with Gasteiger partial charge in [0.1, 0.15) is 11.6 Å². The molecule has 0 aliphatic heterocycles. The van der Waals surface area contributed by atoms with Gasteiger partial charge in [-0.2, -0.15) is 0 Å². The molecule has 1 aromatic heterocycles. The zero-order valence-electron chi connectivity index (χ0n) is 12.7. The molecule has 0 aliphatic rings. The van der Waals surface area contributed by atoms with Crippen LogP contribution in [0.25, 0.3) is 10.2 Å². The fourth-order valence-electron chi connectivity index (χ4n) is 2.15. The number of hydrogen-bond donors (Lipinski definition) is 0. The molecular weight excluding hydrogens is 314 g/mol. The minimum absolute atomic E-state index is 0.341. The maximum absolute atomic E-state index is 11.5. The number of methoxy groups -OCH3 is 2. The minimum atomic E-state index is -0.416. The summed E-state index contributed by atoms with van der Waals surface area (Å²) in [5.74, 6) is 0.620. The van der Waals surface area contributed by atoms with Crippen LogP contribution < -0.4 is 9.47 Å². The first-order chi connectivity index (χ1) is 11.2. The van der Waals surface area contributed by atoms with Crippen LogP contribution in [0.3, 0.4) is 0 Å². The van der Waals surface area contributed by atoms with E-state index in [0.717, 1.165) is 15.2 Å². The van der Waals surface area contributed by atoms with Crippen LogP contribution in [0.1, 0.15) is 15.4 Å². The van der Waals surface area contributed by atoms with Crippen LogP contribution in [0.5, 0.6) is 11.5 Å². The van der Waals surface area contributed by atoms with Crippen LogP contribution in [0.4, 0.5) is 0 Å². The maximum Gasteiger partial charge on any atom is 0.337 e. The normalized spacial score (nSPS) is 10.5. The molecule has 0 N–H and O–H groups in total. The van der Waals surface area contributed by atoms with E-state index < -0.39 is 5.97 Å². The van der Waals surface area contributed by atoms with Crippen LogP contribution in [0.2, 0.25) is 0 Å². The monoisotopic (exact) mass is 329 g/mol. The number of thiazole rings is 1. The predicted molar refractivity (Wildman–Crippen MR) is 88.3 cm³/mol. The van der Waals surface area contributed by atoms with Gasteiger partial charge in [0.25, 0.3) is 0 Å². The Hall–Kier alpha value is -2.60. The van der Waals surface area contributed by atoms with E-state index in [4.69, 9.17) is 14.2 Å². The van der Waals surface area contributed by atoms with Crippen molar-refractivity contribution in [3.05, 3.63) is 53.0 Å². The van der Waals surface area contributed by atoms with E-state index in [1.165, 1.54) is 14.2 Å². The zero-order chi connectivity index (χ0) is 16.2. The molecule has 3 rings (SSSR count). The molecule has 0 aliphatic carbocycles. The summed E-state index contributed by atoms with van der Waals surface area (Å²) in [5.41, 5.74) is 1.38. The molecule has 0 radical (unpaired) electrons. The van der Waals surface area contributed by atoms with Crippen molar-refractivity contribution < 1.29 is 19.0 Å². The Morgan fingerprint density at radius 2 is 1.96 bits per heavy atom. The number of rotatable bonds is 5. The van der Waals surface area contributed by atoms with E-state index >= 15 is 0 Å². The Morgan fingerprint density at radius 1 is 1.13 bits per heavy atom. The Bertz CT molecular complexity index is 810. The lowest BCUT2D eigenvalue weighted by atomic mass is 10.2. The van der Waals surface area contributed by atoms with Gasteiger partial charge in [-0.15, -0.1) is 11.3 Å². The van der Waals surface area contributed by atoms with E-state index in [9.17, 15) is 4.79 Å². The van der Waals surface area contributed by atoms with Gasteiger partial charge in [-0.1, -0.05) is 12.1 Å². The molecule has 0 unspecified atom stereocenters. The summed E-state index contributed by atoms with van der Waals surface area (Å²) in [4.78, 5) is 16.1. The topological polar surface area (TPSA) is 57.7 Å². The number of ether oxygens (including phenoxy) is 3. The van der Waals surface area contributed by atoms with E-state index in [0.29, 0.717) is 23.7 Å². The quantitative estimate of drug-likeness (QED) is 0.669. The Labute approximate surface area is 137 Å². The average molecular weight is 329 g/mol. The van der Waals surface area contributed by atoms with Gasteiger partial charge in [0, 0.05) is 0 Å². The van der Waals surface area contributed by atoms with Gasteiger partial charge in [-0.05, 0) is 30.3 Å². The largest absolute Gasteiger partial charge is 0.493 e. The van der Waals surface area contributed by atoms with E-state index in [2.05, 4.69) is 4.98 Å². The molecule has 0 fully saturated rings. The van der Waals surface area contributed by atoms with Gasteiger partial charge >= 0.3 is 5.97 Å². The standard InChI is InChI=1S/C17H15NO4S/c1-20-14-9-11(17(19)21-2)7-8-13(14)22-10-16-18-12-5-3-4-6-15(12)23-16/h3-9H,10H2,1-2H3. The molecule has 0 spiro atoms. The highest BCUT2D eigenvalue weighted by atomic mass is 32.1. The summed E-state index contributed by atoms with van der Waals surface area (Å²) < 4.78 is 16.9. The third kappa shape index (κ3) is 3.27. The smallest absolute Gasteiger partial charge is 0.337 e. The molecule has 6 heteroatoms. The van der Waals surface area contributed by atoms with Gasteiger partial charge in [0.15, 0.2) is 11.5 Å². The Balaban J connectivity index is 1.78. The van der Waals surface area contributed by atoms with Crippen LogP contribution in [-0.4, -0.2) is 25.2 Å². The highest BCUT2D eigenvalue weighted by Gasteiger charge is 2.12. The highest BCUT2D eigenvalue weighted by Crippen LogP contribution is 2.30. The number of carbonyl (C=O) groups excluding carboxylic acids is 1. The summed E-state index contributed by atoms with van der Waals surface area (Å²) in [5, 5.41) is 0.880. The lowest BCUT2D eigenvalue weighted by molar-refractivity contribution is 0.0600. The number of para-hydroxylation sites is 1. The lowest BCUT2D eigenvalue weighted by Crippen LogP contribution is -2.03. The van der Waals surface area contributed by atoms with E-state index in [1.807, 2.05) is 24.3 Å². The Morgan fingerprint density at radius 3 is 2.70 bits per heavy atom. The van der Waals surface area contributed by atoms with E-state index in [1.54, 1.807) is 29.5 Å². The number of benzene rings is 2. The van der Waals surface area contributed by atoms with Crippen LogP contribution >= 0.6 is 11.3 Å². The summed E-state index contributed by atoms with van der Waals surface area (Å²) in [6, 6.07) is 12.9. The first kappa shape index (κ1) is 15.3. The van der Waals surface area contributed by atoms with Gasteiger partial charge < -0.3 is 14.2 Å². The van der Waals surface area contributed by atoms with E-state index in [-0.39, 0.29) is 0 Å². The summed E-state index contributed by atoms with van der Waals surface area (Å²) in [6.07, 6.45) is 0. The molecule has 118 valence electrons. The number of carbonyl (C=O) groups is 1. The summed E-state index contributed by atoms with van der Waals surface area (Å²) >= 11 is 1.59. The highest BCUT2D eigenvalue weighted by molar-refractivity contribution is 7.18. The summed E-state index contributed by atoms with van der Waals surface area (Å²) in [6.45, 7) is 0.341. The third-order valence-corrected chi connectivity index (χ3v) is 4.28. The predicted octanol–water partition coefficient (Wildman–Crippen LogP) is 3.67. The van der Waals surface area contributed by atoms with Crippen LogP contribution in [-0.2, 0) is 11.3 Å². The van der Waals surface area contributed by atoms with Gasteiger partial charge in [-0.3, -0.25) is 0 Å². The molecular formula is C17H15NO4S. The third-order valence-electron chi connectivity index (χ3n) is 3.27. The Kier molecular flexibility index (Phi) is 4.43. The lowest BCUT2D eigenvalue weighted by Gasteiger charge is -2.10. The van der Waals surface area contributed by atoms with Gasteiger partial charge in [0.2, 0.25) is 0 Å². The number of fused-ring (bicyclic) bond motifs is 1. The second kappa shape index (κ2) is 6.66. The fourth-order valence-corrected chi connectivity index (χ4v) is 3.03. The van der Waals surface area contributed by atoms with Crippen molar-refractivity contribution >= 4 is 27.5 Å². The zero-order valence-corrected chi connectivity index (χ0v) is 13.6. The minimum Gasteiger partial charge on any atom is -0.493 e. The molecule has 0 bridgehead atoms. The molecule has 0 amide bonds. The van der Waals surface area contributed by atoms with Crippen molar-refractivity contribution in [1.82, 2.24) is 4.98 Å². The van der Waals surface area contributed by atoms with Crippen molar-refractivity contribution in [3.8, 4) is 11.5 Å². The number of aromatic nitrogens is 1. The van der Waals surface area contributed by atoms with Crippen molar-refractivity contribution in [1.29, 1.82) is 0 Å². The second-order valence-electron chi connectivity index (χ2n) is 4.72. The molecule has 3 aromatic rings. The first-order valence-electron chi connectivity index (χ1n) is 6.95. The maximum atomic E-state index is 11.5. The molecule has 5 nitrogen and oxygen atoms in total. The molecule has 23 heavy (non-hydrogen) atoms. The summed E-state index contributed by atoms with van der Waals surface area (Å²) in [7, 11) is 2.87. The molecule has 0 saturated carbocycles.